The first-order valence-electron chi connectivity index (χ1n) is 7.14. The summed E-state index contributed by atoms with van der Waals surface area (Å²) in [7, 11) is 4.13. The van der Waals surface area contributed by atoms with E-state index in [1.807, 2.05) is 0 Å². The van der Waals surface area contributed by atoms with Gasteiger partial charge in [0.05, 0.1) is 6.04 Å². The zero-order chi connectivity index (χ0) is 13.7. The lowest BCUT2D eigenvalue weighted by Crippen LogP contribution is -2.38. The first-order chi connectivity index (χ1) is 9.18. The highest BCUT2D eigenvalue weighted by molar-refractivity contribution is 7.07. The molecule has 1 aliphatic carbocycles. The number of carbonyl (C=O) groups excluding carboxylic acids is 1. The summed E-state index contributed by atoms with van der Waals surface area (Å²) < 4.78 is 0. The van der Waals surface area contributed by atoms with E-state index in [0.717, 1.165) is 12.8 Å². The maximum atomic E-state index is 12.2. The second kappa shape index (κ2) is 7.06. The summed E-state index contributed by atoms with van der Waals surface area (Å²) >= 11 is 1.71. The Morgan fingerprint density at radius 1 is 1.42 bits per heavy atom. The lowest BCUT2D eigenvalue weighted by atomic mass is 9.88. The summed E-state index contributed by atoms with van der Waals surface area (Å²) in [5.74, 6) is 0.501. The smallest absolute Gasteiger partial charge is 0.223 e. The van der Waals surface area contributed by atoms with Gasteiger partial charge in [-0.1, -0.05) is 19.3 Å². The Morgan fingerprint density at radius 2 is 2.16 bits per heavy atom. The maximum absolute atomic E-state index is 12.2. The standard InChI is InChI=1S/C15H24N2OS/c1-17(2)14(13-8-9-19-11-13)10-16-15(18)12-6-4-3-5-7-12/h8-9,11-12,14H,3-7,10H2,1-2H3,(H,16,18). The summed E-state index contributed by atoms with van der Waals surface area (Å²) in [6.07, 6.45) is 5.84. The third-order valence-corrected chi connectivity index (χ3v) is 4.70. The molecular formula is C15H24N2OS. The van der Waals surface area contributed by atoms with Crippen LogP contribution in [0.1, 0.15) is 43.7 Å². The quantitative estimate of drug-likeness (QED) is 0.899. The number of likely N-dealkylation sites (N-methyl/N-ethyl adjacent to an activating group) is 1. The van der Waals surface area contributed by atoms with Gasteiger partial charge in [0.1, 0.15) is 0 Å². The highest BCUT2D eigenvalue weighted by atomic mass is 32.1. The van der Waals surface area contributed by atoms with Gasteiger partial charge in [-0.05, 0) is 49.3 Å². The minimum atomic E-state index is 0.249. The van der Waals surface area contributed by atoms with E-state index in [1.165, 1.54) is 24.8 Å². The molecule has 19 heavy (non-hydrogen) atoms. The van der Waals surface area contributed by atoms with Crippen LogP contribution in [0.3, 0.4) is 0 Å². The van der Waals surface area contributed by atoms with Crippen molar-refractivity contribution in [3.05, 3.63) is 22.4 Å². The van der Waals surface area contributed by atoms with Gasteiger partial charge in [0.25, 0.3) is 0 Å². The molecule has 1 aromatic heterocycles. The Bertz CT molecular complexity index is 383. The van der Waals surface area contributed by atoms with E-state index in [1.54, 1.807) is 11.3 Å². The van der Waals surface area contributed by atoms with Gasteiger partial charge in [-0.15, -0.1) is 0 Å². The largest absolute Gasteiger partial charge is 0.354 e. The molecule has 106 valence electrons. The molecule has 0 bridgehead atoms. The van der Waals surface area contributed by atoms with E-state index in [4.69, 9.17) is 0 Å². The van der Waals surface area contributed by atoms with Crippen molar-refractivity contribution in [2.45, 2.75) is 38.1 Å². The summed E-state index contributed by atoms with van der Waals surface area (Å²) in [6.45, 7) is 0.707. The molecule has 1 aromatic rings. The lowest BCUT2D eigenvalue weighted by molar-refractivity contribution is -0.126. The Balaban J connectivity index is 1.86. The van der Waals surface area contributed by atoms with Crippen LogP contribution in [-0.4, -0.2) is 31.4 Å². The number of amides is 1. The number of nitrogens with zero attached hydrogens (tertiary/aromatic N) is 1. The van der Waals surface area contributed by atoms with Crippen molar-refractivity contribution < 1.29 is 4.79 Å². The van der Waals surface area contributed by atoms with Gasteiger partial charge in [0.2, 0.25) is 5.91 Å². The number of hydrogen-bond donors (Lipinski definition) is 1. The Morgan fingerprint density at radius 3 is 2.74 bits per heavy atom. The highest BCUT2D eigenvalue weighted by Gasteiger charge is 2.22. The molecule has 1 N–H and O–H groups in total. The Labute approximate surface area is 120 Å². The molecule has 1 fully saturated rings. The number of hydrogen-bond acceptors (Lipinski definition) is 3. The molecular weight excluding hydrogens is 256 g/mol. The third-order valence-electron chi connectivity index (χ3n) is 4.00. The third kappa shape index (κ3) is 4.05. The van der Waals surface area contributed by atoms with Crippen molar-refractivity contribution in [2.75, 3.05) is 20.6 Å². The van der Waals surface area contributed by atoms with E-state index < -0.39 is 0 Å². The van der Waals surface area contributed by atoms with Crippen molar-refractivity contribution in [3.8, 4) is 0 Å². The van der Waals surface area contributed by atoms with E-state index in [-0.39, 0.29) is 17.9 Å². The van der Waals surface area contributed by atoms with Crippen LogP contribution in [0.2, 0.25) is 0 Å². The van der Waals surface area contributed by atoms with Gasteiger partial charge in [0.15, 0.2) is 0 Å². The minimum absolute atomic E-state index is 0.249. The summed E-state index contributed by atoms with van der Waals surface area (Å²) in [5, 5.41) is 7.40. The van der Waals surface area contributed by atoms with Gasteiger partial charge >= 0.3 is 0 Å². The predicted octanol–water partition coefficient (Wildman–Crippen LogP) is 3.05. The zero-order valence-electron chi connectivity index (χ0n) is 11.9. The van der Waals surface area contributed by atoms with Crippen molar-refractivity contribution in [1.29, 1.82) is 0 Å². The lowest BCUT2D eigenvalue weighted by Gasteiger charge is -2.26. The average Bonchev–Trinajstić information content (AvgIpc) is 2.93. The second-order valence-corrected chi connectivity index (χ2v) is 6.40. The van der Waals surface area contributed by atoms with Crippen LogP contribution < -0.4 is 5.32 Å². The van der Waals surface area contributed by atoms with E-state index in [2.05, 4.69) is 41.1 Å². The molecule has 2 rings (SSSR count). The summed E-state index contributed by atoms with van der Waals surface area (Å²) in [5.41, 5.74) is 1.29. The molecule has 1 aliphatic rings. The number of rotatable bonds is 5. The van der Waals surface area contributed by atoms with Crippen LogP contribution in [-0.2, 0) is 4.79 Å². The van der Waals surface area contributed by atoms with E-state index in [9.17, 15) is 4.79 Å². The Hall–Kier alpha value is -0.870. The molecule has 0 radical (unpaired) electrons. The Kier molecular flexibility index (Phi) is 5.40. The minimum Gasteiger partial charge on any atom is -0.354 e. The van der Waals surface area contributed by atoms with Crippen molar-refractivity contribution in [1.82, 2.24) is 10.2 Å². The first-order valence-corrected chi connectivity index (χ1v) is 8.09. The van der Waals surface area contributed by atoms with Crippen molar-refractivity contribution in [3.63, 3.8) is 0 Å². The SMILES string of the molecule is CN(C)C(CNC(=O)C1CCCCC1)c1ccsc1. The number of nitrogens with one attached hydrogen (secondary N) is 1. The topological polar surface area (TPSA) is 32.3 Å². The van der Waals surface area contributed by atoms with E-state index >= 15 is 0 Å². The fourth-order valence-corrected chi connectivity index (χ4v) is 3.48. The molecule has 1 amide bonds. The molecule has 1 unspecified atom stereocenters. The predicted molar refractivity (Wildman–Crippen MR) is 80.3 cm³/mol. The monoisotopic (exact) mass is 280 g/mol. The average molecular weight is 280 g/mol. The molecule has 3 nitrogen and oxygen atoms in total. The molecule has 0 saturated heterocycles. The highest BCUT2D eigenvalue weighted by Crippen LogP contribution is 2.24. The number of carbonyl (C=O) groups is 1. The van der Waals surface area contributed by atoms with Crippen LogP contribution in [0.4, 0.5) is 0 Å². The van der Waals surface area contributed by atoms with Gasteiger partial charge < -0.3 is 10.2 Å². The fourth-order valence-electron chi connectivity index (χ4n) is 2.77. The first kappa shape index (κ1) is 14.5. The van der Waals surface area contributed by atoms with Gasteiger partial charge in [-0.2, -0.15) is 11.3 Å². The summed E-state index contributed by atoms with van der Waals surface area (Å²) in [4.78, 5) is 14.3. The number of thiophene rings is 1. The molecule has 4 heteroatoms. The molecule has 1 saturated carbocycles. The molecule has 1 heterocycles. The van der Waals surface area contributed by atoms with Gasteiger partial charge in [-0.25, -0.2) is 0 Å². The van der Waals surface area contributed by atoms with Gasteiger partial charge in [-0.3, -0.25) is 4.79 Å². The van der Waals surface area contributed by atoms with E-state index in [0.29, 0.717) is 6.54 Å². The van der Waals surface area contributed by atoms with Crippen LogP contribution in [0.5, 0.6) is 0 Å². The normalized spacial score (nSPS) is 18.5. The van der Waals surface area contributed by atoms with Crippen molar-refractivity contribution >= 4 is 17.2 Å². The zero-order valence-corrected chi connectivity index (χ0v) is 12.7. The van der Waals surface area contributed by atoms with Crippen molar-refractivity contribution in [2.24, 2.45) is 5.92 Å². The second-order valence-electron chi connectivity index (χ2n) is 5.62. The molecule has 0 aromatic carbocycles. The molecule has 0 spiro atoms. The van der Waals surface area contributed by atoms with Gasteiger partial charge in [0, 0.05) is 12.5 Å². The van der Waals surface area contributed by atoms with Crippen LogP contribution in [0.25, 0.3) is 0 Å². The maximum Gasteiger partial charge on any atom is 0.223 e. The molecule has 0 aliphatic heterocycles. The van der Waals surface area contributed by atoms with Crippen LogP contribution in [0.15, 0.2) is 16.8 Å². The molecule has 1 atom stereocenters. The van der Waals surface area contributed by atoms with Crippen LogP contribution in [0, 0.1) is 5.92 Å². The van der Waals surface area contributed by atoms with Crippen LogP contribution >= 0.6 is 11.3 Å². The summed E-state index contributed by atoms with van der Waals surface area (Å²) in [6, 6.07) is 2.42. The fraction of sp³-hybridized carbons (Fsp3) is 0.667.